The molecular formula is C22H21NO2S. The van der Waals surface area contributed by atoms with Crippen molar-refractivity contribution in [1.29, 1.82) is 0 Å². The number of carbonyl (C=O) groups excluding carboxylic acids is 1. The fraction of sp³-hybridized carbons (Fsp3) is 0.227. The van der Waals surface area contributed by atoms with Gasteiger partial charge in [0.2, 0.25) is 5.91 Å². The molecule has 0 unspecified atom stereocenters. The first-order valence-electron chi connectivity index (χ1n) is 8.56. The molecule has 4 heteroatoms. The zero-order chi connectivity index (χ0) is 18.4. The molecule has 3 aromatic rings. The highest BCUT2D eigenvalue weighted by atomic mass is 32.1. The zero-order valence-corrected chi connectivity index (χ0v) is 15.6. The fourth-order valence-electron chi connectivity index (χ4n) is 2.95. The van der Waals surface area contributed by atoms with Gasteiger partial charge in [0.05, 0.1) is 0 Å². The van der Waals surface area contributed by atoms with Crippen molar-refractivity contribution in [1.82, 2.24) is 5.32 Å². The molecule has 0 saturated heterocycles. The number of hydrogen-bond donors (Lipinski definition) is 1. The van der Waals surface area contributed by atoms with Crippen molar-refractivity contribution < 1.29 is 9.53 Å². The Bertz CT molecular complexity index is 938. The molecule has 0 bridgehead atoms. The normalized spacial score (nSPS) is 10.5. The number of terminal acetylenes is 1. The number of thiophene rings is 1. The van der Waals surface area contributed by atoms with Gasteiger partial charge < -0.3 is 10.1 Å². The molecular weight excluding hydrogens is 342 g/mol. The van der Waals surface area contributed by atoms with Crippen molar-refractivity contribution in [3.05, 3.63) is 64.5 Å². The average molecular weight is 363 g/mol. The second kappa shape index (κ2) is 8.55. The number of rotatable bonds is 7. The molecule has 132 valence electrons. The van der Waals surface area contributed by atoms with Gasteiger partial charge in [0.15, 0.2) is 0 Å². The highest BCUT2D eigenvalue weighted by Gasteiger charge is 2.14. The standard InChI is InChI=1S/C22H21NO2S/c1-3-13-25-18-9-10-21-20(15-18)19(11-12-23-16(2)24)22(26-21)14-17-7-5-4-6-8-17/h1,4-10,15H,11-14H2,2H3,(H,23,24). The number of benzene rings is 2. The summed E-state index contributed by atoms with van der Waals surface area (Å²) in [5.41, 5.74) is 2.55. The lowest BCUT2D eigenvalue weighted by atomic mass is 10.0. The van der Waals surface area contributed by atoms with Gasteiger partial charge >= 0.3 is 0 Å². The van der Waals surface area contributed by atoms with E-state index in [2.05, 4.69) is 47.6 Å². The van der Waals surface area contributed by atoms with Crippen molar-refractivity contribution in [3.63, 3.8) is 0 Å². The van der Waals surface area contributed by atoms with Crippen molar-refractivity contribution in [2.24, 2.45) is 0 Å². The number of ether oxygens (including phenoxy) is 1. The van der Waals surface area contributed by atoms with E-state index in [0.29, 0.717) is 6.54 Å². The van der Waals surface area contributed by atoms with Crippen molar-refractivity contribution in [2.75, 3.05) is 13.2 Å². The van der Waals surface area contributed by atoms with E-state index in [4.69, 9.17) is 11.2 Å². The Balaban J connectivity index is 1.95. The van der Waals surface area contributed by atoms with E-state index >= 15 is 0 Å². The van der Waals surface area contributed by atoms with Gasteiger partial charge in [-0.15, -0.1) is 17.8 Å². The minimum atomic E-state index is -0.00723. The van der Waals surface area contributed by atoms with Crippen LogP contribution >= 0.6 is 11.3 Å². The Morgan fingerprint density at radius 2 is 2.04 bits per heavy atom. The number of nitrogens with one attached hydrogen (secondary N) is 1. The van der Waals surface area contributed by atoms with E-state index in [9.17, 15) is 4.79 Å². The maximum absolute atomic E-state index is 11.2. The quantitative estimate of drug-likeness (QED) is 0.640. The van der Waals surface area contributed by atoms with Crippen LogP contribution in [0, 0.1) is 12.3 Å². The Morgan fingerprint density at radius 1 is 1.23 bits per heavy atom. The molecule has 1 aromatic heterocycles. The summed E-state index contributed by atoms with van der Waals surface area (Å²) in [6.45, 7) is 2.43. The number of amides is 1. The summed E-state index contributed by atoms with van der Waals surface area (Å²) >= 11 is 1.80. The first-order chi connectivity index (χ1) is 12.7. The third kappa shape index (κ3) is 4.44. The lowest BCUT2D eigenvalue weighted by Gasteiger charge is -2.07. The molecule has 1 amide bonds. The van der Waals surface area contributed by atoms with Crippen LogP contribution in [0.2, 0.25) is 0 Å². The third-order valence-corrected chi connectivity index (χ3v) is 5.34. The van der Waals surface area contributed by atoms with Crippen LogP contribution in [0.15, 0.2) is 48.5 Å². The summed E-state index contributed by atoms with van der Waals surface area (Å²) in [6, 6.07) is 16.5. The minimum absolute atomic E-state index is 0.00723. The summed E-state index contributed by atoms with van der Waals surface area (Å²) in [7, 11) is 0. The molecule has 2 aromatic carbocycles. The highest BCUT2D eigenvalue weighted by molar-refractivity contribution is 7.19. The molecule has 0 atom stereocenters. The van der Waals surface area contributed by atoms with Gasteiger partial charge in [-0.2, -0.15) is 0 Å². The number of carbonyl (C=O) groups is 1. The molecule has 0 fully saturated rings. The van der Waals surface area contributed by atoms with Gasteiger partial charge in [-0.1, -0.05) is 36.3 Å². The molecule has 26 heavy (non-hydrogen) atoms. The Labute approximate surface area is 158 Å². The number of fused-ring (bicyclic) bond motifs is 1. The molecule has 0 saturated carbocycles. The molecule has 0 aliphatic carbocycles. The predicted octanol–water partition coefficient (Wildman–Crippen LogP) is 4.18. The largest absolute Gasteiger partial charge is 0.481 e. The van der Waals surface area contributed by atoms with Crippen LogP contribution in [0.25, 0.3) is 10.1 Å². The lowest BCUT2D eigenvalue weighted by molar-refractivity contribution is -0.118. The van der Waals surface area contributed by atoms with Crippen LogP contribution in [-0.2, 0) is 17.6 Å². The van der Waals surface area contributed by atoms with Crippen molar-refractivity contribution >= 4 is 27.3 Å². The maximum Gasteiger partial charge on any atom is 0.216 e. The second-order valence-corrected chi connectivity index (χ2v) is 7.19. The SMILES string of the molecule is C#CCOc1ccc2sc(Cc3ccccc3)c(CCNC(C)=O)c2c1. The van der Waals surface area contributed by atoms with Gasteiger partial charge in [0.25, 0.3) is 0 Å². The molecule has 1 N–H and O–H groups in total. The third-order valence-electron chi connectivity index (χ3n) is 4.12. The number of hydrogen-bond acceptors (Lipinski definition) is 3. The van der Waals surface area contributed by atoms with Crippen LogP contribution in [0.4, 0.5) is 0 Å². The van der Waals surface area contributed by atoms with Crippen molar-refractivity contribution in [3.8, 4) is 18.1 Å². The van der Waals surface area contributed by atoms with E-state index in [0.717, 1.165) is 18.6 Å². The van der Waals surface area contributed by atoms with E-state index < -0.39 is 0 Å². The highest BCUT2D eigenvalue weighted by Crippen LogP contribution is 2.35. The van der Waals surface area contributed by atoms with Gasteiger partial charge in [-0.3, -0.25) is 4.79 Å². The Kier molecular flexibility index (Phi) is 5.93. The molecule has 0 spiro atoms. The van der Waals surface area contributed by atoms with Crippen molar-refractivity contribution in [2.45, 2.75) is 19.8 Å². The second-order valence-electron chi connectivity index (χ2n) is 6.05. The van der Waals surface area contributed by atoms with Gasteiger partial charge in [0, 0.05) is 29.5 Å². The average Bonchev–Trinajstić information content (AvgIpc) is 2.97. The van der Waals surface area contributed by atoms with Gasteiger partial charge in [-0.05, 0) is 41.1 Å². The Hall–Kier alpha value is -2.77. The van der Waals surface area contributed by atoms with E-state index in [1.807, 2.05) is 12.1 Å². The smallest absolute Gasteiger partial charge is 0.216 e. The van der Waals surface area contributed by atoms with Crippen LogP contribution in [0.5, 0.6) is 5.75 Å². The Morgan fingerprint density at radius 3 is 2.77 bits per heavy atom. The van der Waals surface area contributed by atoms with Gasteiger partial charge in [0.1, 0.15) is 12.4 Å². The summed E-state index contributed by atoms with van der Waals surface area (Å²) in [5, 5.41) is 4.08. The monoisotopic (exact) mass is 363 g/mol. The van der Waals surface area contributed by atoms with Crippen LogP contribution in [0.1, 0.15) is 22.9 Å². The molecule has 0 aliphatic rings. The van der Waals surface area contributed by atoms with E-state index in [-0.39, 0.29) is 12.5 Å². The van der Waals surface area contributed by atoms with Crippen LogP contribution in [0.3, 0.4) is 0 Å². The summed E-state index contributed by atoms with van der Waals surface area (Å²) < 4.78 is 6.81. The first-order valence-corrected chi connectivity index (χ1v) is 9.38. The fourth-order valence-corrected chi connectivity index (χ4v) is 4.22. The molecule has 0 radical (unpaired) electrons. The van der Waals surface area contributed by atoms with E-state index in [1.165, 1.54) is 26.1 Å². The summed E-state index contributed by atoms with van der Waals surface area (Å²) in [5.74, 6) is 3.27. The zero-order valence-electron chi connectivity index (χ0n) is 14.7. The summed E-state index contributed by atoms with van der Waals surface area (Å²) in [6.07, 6.45) is 6.97. The molecule has 3 nitrogen and oxygen atoms in total. The van der Waals surface area contributed by atoms with Crippen LogP contribution in [-0.4, -0.2) is 19.1 Å². The lowest BCUT2D eigenvalue weighted by Crippen LogP contribution is -2.22. The predicted molar refractivity (Wildman–Crippen MR) is 108 cm³/mol. The molecule has 0 aliphatic heterocycles. The topological polar surface area (TPSA) is 38.3 Å². The van der Waals surface area contributed by atoms with Crippen LogP contribution < -0.4 is 10.1 Å². The molecule has 1 heterocycles. The molecule has 3 rings (SSSR count). The maximum atomic E-state index is 11.2. The minimum Gasteiger partial charge on any atom is -0.481 e. The van der Waals surface area contributed by atoms with Gasteiger partial charge in [-0.25, -0.2) is 0 Å². The first kappa shape index (κ1) is 18.0. The summed E-state index contributed by atoms with van der Waals surface area (Å²) in [4.78, 5) is 12.6. The van der Waals surface area contributed by atoms with E-state index in [1.54, 1.807) is 18.3 Å².